The van der Waals surface area contributed by atoms with Crippen LogP contribution in [-0.4, -0.2) is 202 Å². The van der Waals surface area contributed by atoms with E-state index in [1.54, 1.807) is 0 Å². The molecule has 3 saturated heterocycles. The summed E-state index contributed by atoms with van der Waals surface area (Å²) in [6, 6.07) is 0. The second-order valence-electron chi connectivity index (χ2n) is 23.1. The molecule has 3 heterocycles. The summed E-state index contributed by atoms with van der Waals surface area (Å²) < 4.78 is 37.1. The van der Waals surface area contributed by atoms with Crippen LogP contribution < -0.4 is 0 Å². The van der Waals surface area contributed by atoms with Gasteiger partial charge in [-0.1, -0.05) is 46.3 Å². The maximum Gasteiger partial charge on any atom is 0.187 e. The highest BCUT2D eigenvalue weighted by atomic mass is 16.7. The van der Waals surface area contributed by atoms with Crippen LogP contribution in [-0.2, 0) is 28.4 Å². The van der Waals surface area contributed by atoms with Gasteiger partial charge in [-0.2, -0.15) is 0 Å². The molecule has 4 saturated carbocycles. The Morgan fingerprint density at radius 3 is 1.78 bits per heavy atom. The van der Waals surface area contributed by atoms with Gasteiger partial charge in [-0.3, -0.25) is 0 Å². The molecule has 4 aliphatic carbocycles. The second-order valence-corrected chi connectivity index (χ2v) is 23.1. The summed E-state index contributed by atoms with van der Waals surface area (Å²) in [4.78, 5) is 0. The fourth-order valence-corrected chi connectivity index (χ4v) is 14.8. The molecule has 0 aromatic rings. The first-order valence-corrected chi connectivity index (χ1v) is 24.5. The van der Waals surface area contributed by atoms with E-state index in [0.29, 0.717) is 51.4 Å². The van der Waals surface area contributed by atoms with Crippen molar-refractivity contribution in [2.24, 2.45) is 45.3 Å². The van der Waals surface area contributed by atoms with E-state index in [-0.39, 0.29) is 23.7 Å². The highest BCUT2D eigenvalue weighted by molar-refractivity contribution is 5.22. The molecule has 7 fully saturated rings. The minimum atomic E-state index is -1.77. The highest BCUT2D eigenvalue weighted by Crippen LogP contribution is 2.76. The van der Waals surface area contributed by atoms with Crippen LogP contribution in [0.3, 0.4) is 0 Å². The maximum atomic E-state index is 12.7. The average molecular weight is 963 g/mol. The van der Waals surface area contributed by atoms with E-state index < -0.39 is 158 Å². The smallest absolute Gasteiger partial charge is 0.187 e. The van der Waals surface area contributed by atoms with E-state index in [1.165, 1.54) is 0 Å². The lowest BCUT2D eigenvalue weighted by Gasteiger charge is -2.72. The van der Waals surface area contributed by atoms with Crippen LogP contribution in [0.2, 0.25) is 0 Å². The quantitative estimate of drug-likeness (QED) is 0.0773. The van der Waals surface area contributed by atoms with Crippen LogP contribution >= 0.6 is 0 Å². The van der Waals surface area contributed by atoms with Crippen molar-refractivity contribution in [1.82, 2.24) is 0 Å². The van der Waals surface area contributed by atoms with Crippen LogP contribution in [0.1, 0.15) is 107 Å². The van der Waals surface area contributed by atoms with Crippen molar-refractivity contribution < 1.29 is 94.8 Å². The number of aliphatic hydroxyl groups excluding tert-OH is 13. The van der Waals surface area contributed by atoms with E-state index in [1.807, 2.05) is 34.6 Å². The van der Waals surface area contributed by atoms with Gasteiger partial charge in [0, 0.05) is 0 Å². The molecule has 67 heavy (non-hydrogen) atoms. The Balaban J connectivity index is 1.20. The SMILES string of the molecule is CC(C)=CCC[C@@](C)(O[C@@H]1O[C@H](CO[C@@H]2O[C@H](CO)[C@@H](O)[C@H](O)[C@H]2O)[C@@H](O)[C@H](O)[C@H]1O)[C@H]1CC[C@]2(C)[C@@H]1[C@H](O)C[C@@H]1[C@@]3(C)CC[C@@H](O)C(C)(C)[C@H]3[C@H](O[C@@H]3O[C@H](CO)[C@@H](O)[C@H](O)[C@H]3O)C[C@]12C. The van der Waals surface area contributed by atoms with Gasteiger partial charge in [0.25, 0.3) is 0 Å². The molecule has 7 rings (SSSR count). The van der Waals surface area contributed by atoms with Gasteiger partial charge in [0.1, 0.15) is 73.2 Å². The van der Waals surface area contributed by atoms with Crippen molar-refractivity contribution in [3.63, 3.8) is 0 Å². The topological polar surface area (TPSA) is 318 Å². The third-order valence-corrected chi connectivity index (χ3v) is 18.7. The van der Waals surface area contributed by atoms with Gasteiger partial charge in [0.15, 0.2) is 18.9 Å². The fraction of sp³-hybridized carbons (Fsp3) is 0.958. The zero-order chi connectivity index (χ0) is 49.5. The predicted molar refractivity (Wildman–Crippen MR) is 235 cm³/mol. The third kappa shape index (κ3) is 9.13. The lowest BCUT2D eigenvalue weighted by Crippen LogP contribution is -2.71. The molecule has 3 aliphatic heterocycles. The van der Waals surface area contributed by atoms with Gasteiger partial charge in [-0.05, 0) is 117 Å². The first kappa shape index (κ1) is 53.8. The molecule has 0 unspecified atom stereocenters. The Morgan fingerprint density at radius 1 is 0.657 bits per heavy atom. The number of rotatable bonds is 13. The molecule has 0 aromatic carbocycles. The first-order valence-electron chi connectivity index (χ1n) is 24.5. The molecular weight excluding hydrogens is 881 g/mol. The van der Waals surface area contributed by atoms with Crippen LogP contribution in [0.15, 0.2) is 11.6 Å². The van der Waals surface area contributed by atoms with Crippen LogP contribution in [0.4, 0.5) is 0 Å². The van der Waals surface area contributed by atoms with E-state index >= 15 is 0 Å². The summed E-state index contributed by atoms with van der Waals surface area (Å²) in [6.07, 6.45) is -19.2. The summed E-state index contributed by atoms with van der Waals surface area (Å²) in [7, 11) is 0. The fourth-order valence-electron chi connectivity index (χ4n) is 14.8. The molecule has 19 nitrogen and oxygen atoms in total. The largest absolute Gasteiger partial charge is 0.394 e. The van der Waals surface area contributed by atoms with Crippen molar-refractivity contribution in [2.75, 3.05) is 19.8 Å². The van der Waals surface area contributed by atoms with Gasteiger partial charge in [0.05, 0.1) is 43.7 Å². The summed E-state index contributed by atoms with van der Waals surface area (Å²) in [5.74, 6) is -1.11. The number of allylic oxidation sites excluding steroid dienone is 2. The molecular formula is C48H82O19. The van der Waals surface area contributed by atoms with Gasteiger partial charge in [-0.15, -0.1) is 0 Å². The minimum Gasteiger partial charge on any atom is -0.394 e. The molecule has 7 aliphatic rings. The molecule has 19 heteroatoms. The van der Waals surface area contributed by atoms with Gasteiger partial charge in [-0.25, -0.2) is 0 Å². The van der Waals surface area contributed by atoms with Crippen molar-refractivity contribution in [3.05, 3.63) is 11.6 Å². The Kier molecular flexibility index (Phi) is 15.9. The standard InChI is InChI=1S/C48H82O19/c1-21(2)10-9-13-48(8,67-43-39(61)36(58)33(55)27(66-43)20-62-41-37(59)34(56)31(53)25(18-49)64-41)22-11-15-46(6)30(22)23(51)16-28-45(5)14-12-29(52)44(3,4)40(45)24(17-47(28,46)7)63-42-38(60)35(57)32(54)26(19-50)65-42/h10,22-43,49-61H,9,11-20H2,1-8H3/t22-,23+,24+,25+,26+,27+,28+,29+,30-,31+,32+,33+,34-,35-,36-,37+,38+,39+,40+,41+,42+,43-,45+,46+,47+,48+/m0/s1. The molecule has 13 N–H and O–H groups in total. The lowest BCUT2D eigenvalue weighted by molar-refractivity contribution is -0.353. The summed E-state index contributed by atoms with van der Waals surface area (Å²) in [5.41, 5.74) is -2.39. The Morgan fingerprint density at radius 2 is 1.19 bits per heavy atom. The second kappa shape index (κ2) is 19.8. The van der Waals surface area contributed by atoms with Crippen LogP contribution in [0.5, 0.6) is 0 Å². The van der Waals surface area contributed by atoms with Crippen molar-refractivity contribution >= 4 is 0 Å². The molecule has 0 bridgehead atoms. The number of aliphatic hydroxyl groups is 13. The number of hydrogen-bond acceptors (Lipinski definition) is 19. The normalized spacial score (nSPS) is 52.9. The molecule has 388 valence electrons. The number of fused-ring (bicyclic) bond motifs is 5. The van der Waals surface area contributed by atoms with Crippen LogP contribution in [0, 0.1) is 45.3 Å². The maximum absolute atomic E-state index is 12.7. The van der Waals surface area contributed by atoms with Gasteiger partial charge >= 0.3 is 0 Å². The first-order chi connectivity index (χ1) is 31.2. The lowest BCUT2D eigenvalue weighted by atomic mass is 9.34. The predicted octanol–water partition coefficient (Wildman–Crippen LogP) is -1.06. The summed E-state index contributed by atoms with van der Waals surface area (Å²) >= 11 is 0. The zero-order valence-corrected chi connectivity index (χ0v) is 40.3. The summed E-state index contributed by atoms with van der Waals surface area (Å²) in [5, 5.41) is 142. The van der Waals surface area contributed by atoms with E-state index in [9.17, 15) is 66.4 Å². The van der Waals surface area contributed by atoms with E-state index in [4.69, 9.17) is 28.4 Å². The van der Waals surface area contributed by atoms with Crippen LogP contribution in [0.25, 0.3) is 0 Å². The summed E-state index contributed by atoms with van der Waals surface area (Å²) in [6.45, 7) is 14.7. The van der Waals surface area contributed by atoms with Crippen molar-refractivity contribution in [2.45, 2.75) is 223 Å². The molecule has 26 atom stereocenters. The van der Waals surface area contributed by atoms with Gasteiger partial charge in [0.2, 0.25) is 0 Å². The molecule has 0 amide bonds. The molecule has 0 spiro atoms. The Bertz CT molecular complexity index is 1710. The van der Waals surface area contributed by atoms with Gasteiger partial charge < -0.3 is 94.8 Å². The number of ether oxygens (including phenoxy) is 6. The average Bonchev–Trinajstić information content (AvgIpc) is 3.66. The Hall–Kier alpha value is -1.02. The van der Waals surface area contributed by atoms with E-state index in [0.717, 1.165) is 5.57 Å². The van der Waals surface area contributed by atoms with Crippen molar-refractivity contribution in [3.8, 4) is 0 Å². The van der Waals surface area contributed by atoms with E-state index in [2.05, 4.69) is 26.8 Å². The molecule has 0 radical (unpaired) electrons. The Labute approximate surface area is 393 Å². The molecule has 0 aromatic heterocycles. The minimum absolute atomic E-state index is 0.0659. The highest BCUT2D eigenvalue weighted by Gasteiger charge is 2.74. The zero-order valence-electron chi connectivity index (χ0n) is 40.3. The van der Waals surface area contributed by atoms with Crippen molar-refractivity contribution in [1.29, 1.82) is 0 Å². The third-order valence-electron chi connectivity index (χ3n) is 18.7. The number of hydrogen-bond donors (Lipinski definition) is 13. The monoisotopic (exact) mass is 963 g/mol.